The lowest BCUT2D eigenvalue weighted by Gasteiger charge is -2.52. The van der Waals surface area contributed by atoms with Gasteiger partial charge in [0.1, 0.15) is 16.7 Å². The minimum Gasteiger partial charge on any atom is -0.390 e. The van der Waals surface area contributed by atoms with Crippen LogP contribution < -0.4 is 5.32 Å². The number of nitrogens with one attached hydrogen (secondary N) is 1. The van der Waals surface area contributed by atoms with E-state index in [0.29, 0.717) is 44.2 Å². The summed E-state index contributed by atoms with van der Waals surface area (Å²) >= 11 is 6.79. The number of halogens is 1. The van der Waals surface area contributed by atoms with Crippen LogP contribution in [-0.4, -0.2) is 73.8 Å². The summed E-state index contributed by atoms with van der Waals surface area (Å²) < 4.78 is 1.77. The van der Waals surface area contributed by atoms with Crippen LogP contribution in [-0.2, 0) is 16.1 Å². The van der Waals surface area contributed by atoms with Crippen molar-refractivity contribution in [2.45, 2.75) is 83.0 Å². The van der Waals surface area contributed by atoms with Crippen LogP contribution in [0.4, 0.5) is 0 Å². The van der Waals surface area contributed by atoms with Gasteiger partial charge < -0.3 is 15.3 Å². The summed E-state index contributed by atoms with van der Waals surface area (Å²) in [4.78, 5) is 31.7. The first-order valence-electron chi connectivity index (χ1n) is 14.3. The Morgan fingerprint density at radius 2 is 1.92 bits per heavy atom. The molecule has 1 spiro atoms. The number of amides is 2. The Balaban J connectivity index is 1.31. The van der Waals surface area contributed by atoms with Gasteiger partial charge in [0, 0.05) is 31.7 Å². The predicted octanol–water partition coefficient (Wildman–Crippen LogP) is 4.01. The Bertz CT molecular complexity index is 1200. The average molecular weight is 554 g/mol. The molecule has 0 radical (unpaired) electrons. The maximum atomic E-state index is 13.8. The number of rotatable bonds is 8. The van der Waals surface area contributed by atoms with E-state index in [1.54, 1.807) is 4.68 Å². The van der Waals surface area contributed by atoms with Crippen LogP contribution in [0.1, 0.15) is 63.1 Å². The van der Waals surface area contributed by atoms with Crippen LogP contribution in [0.3, 0.4) is 0 Å². The molecule has 1 aromatic heterocycles. The molecule has 0 bridgehead atoms. The Kier molecular flexibility index (Phi) is 8.45. The molecule has 3 aliphatic rings. The Morgan fingerprint density at radius 1 is 1.18 bits per heavy atom. The minimum absolute atomic E-state index is 0.0158. The normalized spacial score (nSPS) is 24.3. The van der Waals surface area contributed by atoms with Crippen molar-refractivity contribution >= 4 is 23.4 Å². The van der Waals surface area contributed by atoms with Gasteiger partial charge in [0.05, 0.1) is 17.5 Å². The molecule has 2 saturated heterocycles. The van der Waals surface area contributed by atoms with Crippen molar-refractivity contribution < 1.29 is 14.7 Å². The third-order valence-electron chi connectivity index (χ3n) is 8.81. The molecule has 2 aromatic rings. The van der Waals surface area contributed by atoms with Crippen LogP contribution in [0.25, 0.3) is 5.69 Å². The smallest absolute Gasteiger partial charge is 0.248 e. The molecule has 39 heavy (non-hydrogen) atoms. The quantitative estimate of drug-likeness (QED) is 0.482. The molecule has 2 aliphatic heterocycles. The van der Waals surface area contributed by atoms with Gasteiger partial charge in [-0.2, -0.15) is 5.10 Å². The van der Waals surface area contributed by atoms with E-state index in [1.165, 1.54) is 0 Å². The first-order valence-corrected chi connectivity index (χ1v) is 14.7. The van der Waals surface area contributed by atoms with E-state index in [2.05, 4.69) is 34.4 Å². The Hall–Kier alpha value is -2.68. The molecular weight excluding hydrogens is 514 g/mol. The third-order valence-corrected chi connectivity index (χ3v) is 9.20. The molecule has 1 unspecified atom stereocenters. The van der Waals surface area contributed by atoms with E-state index in [-0.39, 0.29) is 17.7 Å². The molecule has 5 rings (SSSR count). The van der Waals surface area contributed by atoms with E-state index in [0.717, 1.165) is 49.0 Å². The number of para-hydroxylation sites is 1. The number of allylic oxidation sites excluding steroid dienone is 2. The van der Waals surface area contributed by atoms with Crippen LogP contribution in [0.2, 0.25) is 5.15 Å². The van der Waals surface area contributed by atoms with Crippen molar-refractivity contribution in [2.24, 2.45) is 5.92 Å². The third kappa shape index (κ3) is 5.39. The molecule has 2 fully saturated rings. The largest absolute Gasteiger partial charge is 0.390 e. The van der Waals surface area contributed by atoms with E-state index >= 15 is 0 Å². The first-order chi connectivity index (χ1) is 18.9. The number of benzene rings is 1. The molecular formula is C30H40ClN5O3. The summed E-state index contributed by atoms with van der Waals surface area (Å²) in [7, 11) is 0. The van der Waals surface area contributed by atoms with E-state index in [1.807, 2.05) is 42.2 Å². The van der Waals surface area contributed by atoms with Crippen molar-refractivity contribution in [1.29, 1.82) is 0 Å². The number of unbranched alkanes of at least 4 members (excludes halogenated alkanes) is 1. The fourth-order valence-corrected chi connectivity index (χ4v) is 6.69. The second-order valence-electron chi connectivity index (χ2n) is 11.2. The van der Waals surface area contributed by atoms with E-state index in [9.17, 15) is 14.7 Å². The molecule has 2 amide bonds. The second-order valence-corrected chi connectivity index (χ2v) is 11.6. The first kappa shape index (κ1) is 27.9. The van der Waals surface area contributed by atoms with Crippen molar-refractivity contribution in [3.63, 3.8) is 0 Å². The molecule has 8 nitrogen and oxygen atoms in total. The molecule has 3 heterocycles. The lowest BCUT2D eigenvalue weighted by atomic mass is 9.78. The standard InChI is InChI=1S/C30H40ClN5O3/c1-3-4-17-35-28(38)25(26(37)22-11-7-5-8-12-22)32-29(39)30(35)15-18-34(19-16-30)20-24-21(2)33-36(27(24)31)23-13-9-6-10-14-23/h5-7,9-10,13-14,22,25-26,37H,3-4,8,11-12,15-20H2,1-2H3,(H,32,39)/t22?,25-,26-/m1/s1. The van der Waals surface area contributed by atoms with Gasteiger partial charge in [0.15, 0.2) is 0 Å². The lowest BCUT2D eigenvalue weighted by Crippen LogP contribution is -2.75. The number of nitrogens with zero attached hydrogens (tertiary/aromatic N) is 4. The van der Waals surface area contributed by atoms with Crippen molar-refractivity contribution in [3.05, 3.63) is 58.9 Å². The maximum Gasteiger partial charge on any atom is 0.248 e. The zero-order chi connectivity index (χ0) is 27.6. The Morgan fingerprint density at radius 3 is 2.59 bits per heavy atom. The SMILES string of the molecule is CCCCN1C(=O)[C@@H]([C@H](O)C2CC=CCC2)NC(=O)C12CCN(Cc1c(C)nn(-c3ccccc3)c1Cl)CC2. The lowest BCUT2D eigenvalue weighted by molar-refractivity contribution is -0.165. The van der Waals surface area contributed by atoms with Gasteiger partial charge in [0.2, 0.25) is 11.8 Å². The van der Waals surface area contributed by atoms with Crippen LogP contribution >= 0.6 is 11.6 Å². The number of aliphatic hydroxyl groups excluding tert-OH is 1. The summed E-state index contributed by atoms with van der Waals surface area (Å²) in [6.45, 7) is 6.55. The van der Waals surface area contributed by atoms with Crippen molar-refractivity contribution in [3.8, 4) is 5.69 Å². The molecule has 9 heteroatoms. The summed E-state index contributed by atoms with van der Waals surface area (Å²) in [6, 6.07) is 8.97. The highest BCUT2D eigenvalue weighted by molar-refractivity contribution is 6.30. The number of hydrogen-bond acceptors (Lipinski definition) is 5. The molecule has 2 N–H and O–H groups in total. The van der Waals surface area contributed by atoms with Gasteiger partial charge in [0.25, 0.3) is 0 Å². The number of likely N-dealkylation sites (tertiary alicyclic amines) is 1. The number of piperazine rings is 1. The molecule has 210 valence electrons. The number of aryl methyl sites for hydroxylation is 1. The summed E-state index contributed by atoms with van der Waals surface area (Å²) in [6.07, 6.45) is 8.61. The van der Waals surface area contributed by atoms with Gasteiger partial charge >= 0.3 is 0 Å². The number of piperidine rings is 1. The van der Waals surface area contributed by atoms with Crippen LogP contribution in [0.15, 0.2) is 42.5 Å². The topological polar surface area (TPSA) is 90.7 Å². The zero-order valence-corrected chi connectivity index (χ0v) is 23.7. The van der Waals surface area contributed by atoms with E-state index < -0.39 is 17.7 Å². The monoisotopic (exact) mass is 553 g/mol. The Labute approximate surface area is 236 Å². The van der Waals surface area contributed by atoms with Gasteiger partial charge in [-0.25, -0.2) is 4.68 Å². The number of aromatic nitrogens is 2. The fraction of sp³-hybridized carbons (Fsp3) is 0.567. The highest BCUT2D eigenvalue weighted by Gasteiger charge is 2.55. The zero-order valence-electron chi connectivity index (χ0n) is 23.0. The van der Waals surface area contributed by atoms with Crippen LogP contribution in [0, 0.1) is 12.8 Å². The maximum absolute atomic E-state index is 13.8. The van der Waals surface area contributed by atoms with Gasteiger partial charge in [-0.1, -0.05) is 55.3 Å². The van der Waals surface area contributed by atoms with Gasteiger partial charge in [-0.05, 0) is 63.5 Å². The molecule has 0 saturated carbocycles. The van der Waals surface area contributed by atoms with Crippen molar-refractivity contribution in [1.82, 2.24) is 24.9 Å². The molecule has 1 aliphatic carbocycles. The summed E-state index contributed by atoms with van der Waals surface area (Å²) in [5.41, 5.74) is 1.90. The number of carbonyl (C=O) groups excluding carboxylic acids is 2. The molecule has 3 atom stereocenters. The van der Waals surface area contributed by atoms with Crippen LogP contribution in [0.5, 0.6) is 0 Å². The minimum atomic E-state index is -0.876. The second kappa shape index (κ2) is 11.8. The van der Waals surface area contributed by atoms with Gasteiger partial charge in [-0.15, -0.1) is 0 Å². The summed E-state index contributed by atoms with van der Waals surface area (Å²) in [5, 5.41) is 19.4. The highest BCUT2D eigenvalue weighted by Crippen LogP contribution is 2.36. The number of carbonyl (C=O) groups is 2. The van der Waals surface area contributed by atoms with E-state index in [4.69, 9.17) is 11.6 Å². The summed E-state index contributed by atoms with van der Waals surface area (Å²) in [5.74, 6) is -0.279. The fourth-order valence-electron chi connectivity index (χ4n) is 6.36. The molecule has 1 aromatic carbocycles. The number of aliphatic hydroxyl groups is 1. The van der Waals surface area contributed by atoms with Crippen molar-refractivity contribution in [2.75, 3.05) is 19.6 Å². The van der Waals surface area contributed by atoms with Gasteiger partial charge in [-0.3, -0.25) is 14.5 Å². The number of hydrogen-bond donors (Lipinski definition) is 2. The average Bonchev–Trinajstić information content (AvgIpc) is 3.25. The predicted molar refractivity (Wildman–Crippen MR) is 152 cm³/mol. The highest BCUT2D eigenvalue weighted by atomic mass is 35.5.